The molecule has 5 heteroatoms. The summed E-state index contributed by atoms with van der Waals surface area (Å²) < 4.78 is 6.47. The lowest BCUT2D eigenvalue weighted by molar-refractivity contribution is -0.134. The lowest BCUT2D eigenvalue weighted by atomic mass is 9.76. The molecule has 2 rings (SSSR count). The van der Waals surface area contributed by atoms with Gasteiger partial charge in [0.25, 0.3) is 5.97 Å². The summed E-state index contributed by atoms with van der Waals surface area (Å²) in [6, 6.07) is 6.87. The Morgan fingerprint density at radius 3 is 2.30 bits per heavy atom. The minimum Gasteiger partial charge on any atom is -0.481 e. The van der Waals surface area contributed by atoms with Crippen LogP contribution < -0.4 is 0 Å². The lowest BCUT2D eigenvalue weighted by Gasteiger charge is -2.39. The van der Waals surface area contributed by atoms with Crippen molar-refractivity contribution in [1.29, 1.82) is 0 Å². The van der Waals surface area contributed by atoms with Crippen LogP contribution in [-0.2, 0) is 28.0 Å². The first-order valence-corrected chi connectivity index (χ1v) is 10.1. The number of unbranched alkanes of at least 4 members (excludes halogenated alkanes) is 1. The van der Waals surface area contributed by atoms with Crippen molar-refractivity contribution < 1.29 is 19.8 Å². The first-order chi connectivity index (χ1) is 12.9. The highest BCUT2D eigenvalue weighted by Gasteiger charge is 2.38. The molecule has 1 aromatic carbocycles. The van der Waals surface area contributed by atoms with Crippen molar-refractivity contribution in [2.24, 2.45) is 5.16 Å². The van der Waals surface area contributed by atoms with Crippen LogP contribution in [0.5, 0.6) is 0 Å². The molecule has 152 valence electrons. The molecule has 0 unspecified atom stereocenters. The Bertz CT molecular complexity index is 611. The molecular formula is C22H35NO4. The monoisotopic (exact) mass is 377 g/mol. The minimum atomic E-state index is -0.833. The fourth-order valence-corrected chi connectivity index (χ4v) is 3.55. The summed E-state index contributed by atoms with van der Waals surface area (Å²) >= 11 is 0. The quantitative estimate of drug-likeness (QED) is 0.383. The average Bonchev–Trinajstić information content (AvgIpc) is 2.67. The number of aliphatic carboxylic acids is 1. The zero-order valence-electron chi connectivity index (χ0n) is 17.3. The number of nitrogens with zero attached hydrogens (tertiary/aromatic N) is 1. The standard InChI is InChI=1S/C20H31NO2.C2H4O2/c1-4-7-14-23-20(12-10-18(21-22)11-13-20)19-9-8-16(5-2)15-17(19)6-3;1-2(3)4/h8-9,15,22H,4-7,10-14H2,1-3H3;1H3,(H,3,4). The summed E-state index contributed by atoms with van der Waals surface area (Å²) in [5, 5.41) is 19.9. The highest BCUT2D eigenvalue weighted by molar-refractivity contribution is 5.84. The number of aryl methyl sites for hydroxylation is 2. The van der Waals surface area contributed by atoms with Crippen LogP contribution >= 0.6 is 0 Å². The van der Waals surface area contributed by atoms with Crippen LogP contribution in [0.3, 0.4) is 0 Å². The predicted octanol–water partition coefficient (Wildman–Crippen LogP) is 5.32. The van der Waals surface area contributed by atoms with Crippen molar-refractivity contribution in [3.8, 4) is 0 Å². The largest absolute Gasteiger partial charge is 0.481 e. The van der Waals surface area contributed by atoms with Crippen LogP contribution in [0, 0.1) is 0 Å². The summed E-state index contributed by atoms with van der Waals surface area (Å²) in [5.41, 5.74) is 4.85. The number of ether oxygens (including phenoxy) is 1. The van der Waals surface area contributed by atoms with Gasteiger partial charge in [-0.25, -0.2) is 0 Å². The highest BCUT2D eigenvalue weighted by Crippen LogP contribution is 2.42. The van der Waals surface area contributed by atoms with Gasteiger partial charge in [0.05, 0.1) is 11.3 Å². The maximum absolute atomic E-state index is 9.06. The number of rotatable bonds is 7. The Kier molecular flexibility index (Phi) is 10.1. The van der Waals surface area contributed by atoms with Crippen LogP contribution in [0.25, 0.3) is 0 Å². The van der Waals surface area contributed by atoms with Crippen molar-refractivity contribution in [2.45, 2.75) is 84.7 Å². The van der Waals surface area contributed by atoms with Gasteiger partial charge in [0.15, 0.2) is 0 Å². The number of hydrogen-bond acceptors (Lipinski definition) is 4. The Labute approximate surface area is 163 Å². The van der Waals surface area contributed by atoms with E-state index >= 15 is 0 Å². The smallest absolute Gasteiger partial charge is 0.300 e. The Morgan fingerprint density at radius 2 is 1.81 bits per heavy atom. The number of carboxylic acids is 1. The van der Waals surface area contributed by atoms with Gasteiger partial charge >= 0.3 is 0 Å². The zero-order chi connectivity index (χ0) is 20.3. The SMILES string of the molecule is CC(=O)O.CCCCOC1(c2ccc(CC)cc2CC)CCC(=NO)CC1. The minimum absolute atomic E-state index is 0.207. The molecule has 1 aliphatic rings. The third-order valence-electron chi connectivity index (χ3n) is 5.10. The second kappa shape index (κ2) is 11.8. The van der Waals surface area contributed by atoms with E-state index in [4.69, 9.17) is 19.8 Å². The molecule has 0 amide bonds. The molecule has 0 bridgehead atoms. The maximum atomic E-state index is 9.06. The van der Waals surface area contributed by atoms with Crippen molar-refractivity contribution >= 4 is 11.7 Å². The first-order valence-electron chi connectivity index (χ1n) is 10.1. The molecule has 1 fully saturated rings. The number of oxime groups is 1. The van der Waals surface area contributed by atoms with Crippen LogP contribution in [0.2, 0.25) is 0 Å². The predicted molar refractivity (Wildman–Crippen MR) is 109 cm³/mol. The van der Waals surface area contributed by atoms with Crippen molar-refractivity contribution in [3.63, 3.8) is 0 Å². The summed E-state index contributed by atoms with van der Waals surface area (Å²) in [6.07, 6.45) is 7.80. The molecule has 0 saturated heterocycles. The van der Waals surface area contributed by atoms with Crippen LogP contribution in [0.4, 0.5) is 0 Å². The van der Waals surface area contributed by atoms with Gasteiger partial charge in [0.2, 0.25) is 0 Å². The van der Waals surface area contributed by atoms with Crippen molar-refractivity contribution in [3.05, 3.63) is 34.9 Å². The van der Waals surface area contributed by atoms with Gasteiger partial charge in [-0.05, 0) is 61.6 Å². The van der Waals surface area contributed by atoms with Gasteiger partial charge in [-0.3, -0.25) is 4.79 Å². The van der Waals surface area contributed by atoms with E-state index in [1.165, 1.54) is 16.7 Å². The fourth-order valence-electron chi connectivity index (χ4n) is 3.55. The topological polar surface area (TPSA) is 79.1 Å². The van der Waals surface area contributed by atoms with E-state index in [0.717, 1.165) is 70.6 Å². The Balaban J connectivity index is 0.000000828. The number of hydrogen-bond donors (Lipinski definition) is 2. The average molecular weight is 378 g/mol. The van der Waals surface area contributed by atoms with E-state index in [0.29, 0.717) is 0 Å². The van der Waals surface area contributed by atoms with Gasteiger partial charge in [0, 0.05) is 13.5 Å². The molecule has 27 heavy (non-hydrogen) atoms. The number of benzene rings is 1. The second-order valence-corrected chi connectivity index (χ2v) is 7.08. The van der Waals surface area contributed by atoms with E-state index in [1.54, 1.807) is 0 Å². The Hall–Kier alpha value is -1.88. The van der Waals surface area contributed by atoms with Gasteiger partial charge in [-0.2, -0.15) is 0 Å². The van der Waals surface area contributed by atoms with Gasteiger partial charge < -0.3 is 15.1 Å². The zero-order valence-corrected chi connectivity index (χ0v) is 17.3. The van der Waals surface area contributed by atoms with Gasteiger partial charge in [-0.15, -0.1) is 0 Å². The molecule has 0 spiro atoms. The summed E-state index contributed by atoms with van der Waals surface area (Å²) in [6.45, 7) is 8.51. The van der Waals surface area contributed by atoms with Gasteiger partial charge in [0.1, 0.15) is 0 Å². The van der Waals surface area contributed by atoms with Crippen LogP contribution in [-0.4, -0.2) is 28.6 Å². The van der Waals surface area contributed by atoms with Crippen molar-refractivity contribution in [1.82, 2.24) is 0 Å². The van der Waals surface area contributed by atoms with Crippen molar-refractivity contribution in [2.75, 3.05) is 6.61 Å². The molecule has 0 radical (unpaired) electrons. The van der Waals surface area contributed by atoms with E-state index in [9.17, 15) is 0 Å². The van der Waals surface area contributed by atoms with E-state index < -0.39 is 5.97 Å². The molecule has 0 aliphatic heterocycles. The molecule has 0 heterocycles. The lowest BCUT2D eigenvalue weighted by Crippen LogP contribution is -2.36. The molecule has 2 N–H and O–H groups in total. The van der Waals surface area contributed by atoms with Gasteiger partial charge in [-0.1, -0.05) is 50.5 Å². The normalized spacial score (nSPS) is 19.2. The highest BCUT2D eigenvalue weighted by atomic mass is 16.5. The van der Waals surface area contributed by atoms with Crippen LogP contribution in [0.15, 0.2) is 23.4 Å². The molecule has 1 aliphatic carbocycles. The third-order valence-corrected chi connectivity index (χ3v) is 5.10. The maximum Gasteiger partial charge on any atom is 0.300 e. The van der Waals surface area contributed by atoms with E-state index in [-0.39, 0.29) is 5.60 Å². The molecule has 1 saturated carbocycles. The fraction of sp³-hybridized carbons (Fsp3) is 0.636. The Morgan fingerprint density at radius 1 is 1.19 bits per heavy atom. The number of carboxylic acid groups (broad SMARTS) is 1. The molecule has 0 aromatic heterocycles. The van der Waals surface area contributed by atoms with E-state index in [1.807, 2.05) is 0 Å². The second-order valence-electron chi connectivity index (χ2n) is 7.08. The summed E-state index contributed by atoms with van der Waals surface area (Å²) in [7, 11) is 0. The van der Waals surface area contributed by atoms with Crippen LogP contribution in [0.1, 0.15) is 82.9 Å². The molecule has 1 aromatic rings. The summed E-state index contributed by atoms with van der Waals surface area (Å²) in [5.74, 6) is -0.833. The van der Waals surface area contributed by atoms with E-state index in [2.05, 4.69) is 44.1 Å². The summed E-state index contributed by atoms with van der Waals surface area (Å²) in [4.78, 5) is 9.00. The molecular weight excluding hydrogens is 342 g/mol. The first kappa shape index (κ1) is 23.2. The molecule has 0 atom stereocenters. The molecule has 5 nitrogen and oxygen atoms in total. The third kappa shape index (κ3) is 6.98. The number of carbonyl (C=O) groups is 1.